The Morgan fingerprint density at radius 2 is 1.87 bits per heavy atom. The average Bonchev–Trinajstić information content (AvgIpc) is 3.70. The monoisotopic (exact) mass is 547 g/mol. The number of aryl methyl sites for hydroxylation is 1. The van der Waals surface area contributed by atoms with Gasteiger partial charge < -0.3 is 24.3 Å². The third-order valence-electron chi connectivity index (χ3n) is 8.44. The Kier molecular flexibility index (Phi) is 6.91. The Hall–Kier alpha value is -3.26. The first-order valence-electron chi connectivity index (χ1n) is 14.1. The van der Waals surface area contributed by atoms with Crippen LogP contribution in [0, 0.1) is 11.8 Å². The highest BCUT2D eigenvalue weighted by Crippen LogP contribution is 2.46. The number of aromatic nitrogens is 1. The summed E-state index contributed by atoms with van der Waals surface area (Å²) in [6, 6.07) is 10.7. The maximum absolute atomic E-state index is 14.1. The van der Waals surface area contributed by atoms with Crippen molar-refractivity contribution in [3.63, 3.8) is 0 Å². The number of hydrogen-bond donors (Lipinski definition) is 1. The minimum atomic E-state index is 0.0192. The number of nitrogens with one attached hydrogen (secondary N) is 1. The van der Waals surface area contributed by atoms with Crippen molar-refractivity contribution in [1.29, 1.82) is 0 Å². The molecule has 3 aromatic rings. The fraction of sp³-hybridized carbons (Fsp3) is 0.484. The average molecular weight is 548 g/mol. The summed E-state index contributed by atoms with van der Waals surface area (Å²) in [5, 5.41) is 5.25. The van der Waals surface area contributed by atoms with E-state index in [-0.39, 0.29) is 24.0 Å². The van der Waals surface area contributed by atoms with Crippen LogP contribution in [-0.2, 0) is 17.8 Å². The van der Waals surface area contributed by atoms with Crippen molar-refractivity contribution in [2.24, 2.45) is 11.8 Å². The van der Waals surface area contributed by atoms with Crippen LogP contribution >= 0.6 is 11.3 Å². The molecule has 3 aliphatic rings. The van der Waals surface area contributed by atoms with E-state index in [1.165, 1.54) is 5.56 Å². The molecule has 8 heteroatoms. The number of carbonyl (C=O) groups is 2. The largest absolute Gasteiger partial charge is 0.493 e. The number of likely N-dealkylation sites (tertiary alicyclic amines) is 1. The lowest BCUT2D eigenvalue weighted by molar-refractivity contribution is -0.121. The summed E-state index contributed by atoms with van der Waals surface area (Å²) >= 11 is 1.70. The van der Waals surface area contributed by atoms with Gasteiger partial charge in [0.15, 0.2) is 11.5 Å². The van der Waals surface area contributed by atoms with Crippen LogP contribution < -0.4 is 14.8 Å². The van der Waals surface area contributed by atoms with Crippen LogP contribution in [0.2, 0.25) is 0 Å². The SMILES string of the molecule is CCC(=O)NC1CC2CN(C(=O)c3cc(-c4cccs4)c4n3CCc3cc(OC)c(OC(C)C)cc3-4)CC2C1. The third kappa shape index (κ3) is 4.73. The van der Waals surface area contributed by atoms with Crippen LogP contribution in [0.15, 0.2) is 35.7 Å². The molecular formula is C31H37N3O4S. The molecule has 2 unspecified atom stereocenters. The number of methoxy groups -OCH3 is 1. The first-order chi connectivity index (χ1) is 18.9. The number of fused-ring (bicyclic) bond motifs is 4. The zero-order valence-electron chi connectivity index (χ0n) is 23.2. The van der Waals surface area contributed by atoms with Gasteiger partial charge >= 0.3 is 0 Å². The molecule has 2 aliphatic heterocycles. The molecule has 0 bridgehead atoms. The van der Waals surface area contributed by atoms with E-state index in [4.69, 9.17) is 9.47 Å². The van der Waals surface area contributed by atoms with E-state index in [9.17, 15) is 9.59 Å². The van der Waals surface area contributed by atoms with E-state index >= 15 is 0 Å². The fourth-order valence-corrected chi connectivity index (χ4v) is 7.45. The van der Waals surface area contributed by atoms with Gasteiger partial charge in [-0.25, -0.2) is 0 Å². The van der Waals surface area contributed by atoms with Gasteiger partial charge in [-0.1, -0.05) is 13.0 Å². The van der Waals surface area contributed by atoms with E-state index in [1.807, 2.05) is 25.7 Å². The fourth-order valence-electron chi connectivity index (χ4n) is 6.71. The summed E-state index contributed by atoms with van der Waals surface area (Å²) in [6.45, 7) is 8.19. The molecule has 0 spiro atoms. The second kappa shape index (κ2) is 10.4. The Balaban J connectivity index is 1.34. The molecule has 7 nitrogen and oxygen atoms in total. The molecule has 2 aromatic heterocycles. The molecule has 2 atom stereocenters. The number of amides is 2. The second-order valence-electron chi connectivity index (χ2n) is 11.3. The molecule has 2 fully saturated rings. The molecule has 206 valence electrons. The number of rotatable bonds is 7. The quantitative estimate of drug-likeness (QED) is 0.417. The van der Waals surface area contributed by atoms with Crippen LogP contribution in [0.5, 0.6) is 11.5 Å². The molecule has 1 N–H and O–H groups in total. The van der Waals surface area contributed by atoms with E-state index in [0.717, 1.165) is 77.8 Å². The number of thiophene rings is 1. The van der Waals surface area contributed by atoms with Gasteiger partial charge in [-0.3, -0.25) is 9.59 Å². The van der Waals surface area contributed by atoms with E-state index in [0.29, 0.717) is 18.3 Å². The van der Waals surface area contributed by atoms with Crippen LogP contribution in [0.1, 0.15) is 56.1 Å². The Morgan fingerprint density at radius 1 is 1.10 bits per heavy atom. The minimum Gasteiger partial charge on any atom is -0.493 e. The maximum Gasteiger partial charge on any atom is 0.270 e. The van der Waals surface area contributed by atoms with Gasteiger partial charge in [0.1, 0.15) is 5.69 Å². The number of carbonyl (C=O) groups excluding carboxylic acids is 2. The van der Waals surface area contributed by atoms with Crippen molar-refractivity contribution in [3.8, 4) is 33.2 Å². The summed E-state index contributed by atoms with van der Waals surface area (Å²) in [6.07, 6.45) is 3.28. The molecule has 39 heavy (non-hydrogen) atoms. The van der Waals surface area contributed by atoms with Crippen LogP contribution in [0.4, 0.5) is 0 Å². The van der Waals surface area contributed by atoms with E-state index < -0.39 is 0 Å². The number of hydrogen-bond acceptors (Lipinski definition) is 5. The maximum atomic E-state index is 14.1. The van der Waals surface area contributed by atoms with Gasteiger partial charge in [-0.05, 0) is 80.2 Å². The first-order valence-corrected chi connectivity index (χ1v) is 15.0. The summed E-state index contributed by atoms with van der Waals surface area (Å²) < 4.78 is 14.0. The van der Waals surface area contributed by atoms with Crippen LogP contribution in [-0.4, -0.2) is 53.6 Å². The Bertz CT molecular complexity index is 1380. The molecule has 0 radical (unpaired) electrons. The second-order valence-corrected chi connectivity index (χ2v) is 12.3. The van der Waals surface area contributed by atoms with E-state index in [2.05, 4.69) is 45.6 Å². The van der Waals surface area contributed by atoms with Crippen LogP contribution in [0.3, 0.4) is 0 Å². The molecule has 4 heterocycles. The zero-order valence-corrected chi connectivity index (χ0v) is 24.0. The standard InChI is InChI=1S/C31H37N3O4S/c1-5-29(35)32-22-11-20-16-33(17-21(20)12-22)31(36)25-14-24(28-7-6-10-39-28)30-23-15-27(38-18(2)3)26(37-4)13-19(23)8-9-34(25)30/h6-7,10,13-15,18,20-22H,5,8-9,11-12,16-17H2,1-4H3,(H,32,35). The first kappa shape index (κ1) is 26.0. The van der Waals surface area contributed by atoms with Gasteiger partial charge in [0.05, 0.1) is 18.9 Å². The molecule has 1 aromatic carbocycles. The summed E-state index contributed by atoms with van der Waals surface area (Å²) in [5.41, 5.74) is 5.25. The highest BCUT2D eigenvalue weighted by molar-refractivity contribution is 7.13. The summed E-state index contributed by atoms with van der Waals surface area (Å²) in [4.78, 5) is 29.1. The Labute approximate surface area is 234 Å². The molecular weight excluding hydrogens is 510 g/mol. The topological polar surface area (TPSA) is 72.8 Å². The van der Waals surface area contributed by atoms with Crippen molar-refractivity contribution in [2.45, 2.75) is 65.1 Å². The molecule has 1 saturated carbocycles. The third-order valence-corrected chi connectivity index (χ3v) is 9.34. The normalized spacial score (nSPS) is 21.5. The molecule has 6 rings (SSSR count). The van der Waals surface area contributed by atoms with Crippen molar-refractivity contribution < 1.29 is 19.1 Å². The zero-order chi connectivity index (χ0) is 27.3. The molecule has 1 saturated heterocycles. The number of nitrogens with zero attached hydrogens (tertiary/aromatic N) is 2. The van der Waals surface area contributed by atoms with Crippen molar-refractivity contribution in [1.82, 2.24) is 14.8 Å². The van der Waals surface area contributed by atoms with Crippen molar-refractivity contribution in [2.75, 3.05) is 20.2 Å². The minimum absolute atomic E-state index is 0.0192. The predicted octanol–water partition coefficient (Wildman–Crippen LogP) is 5.61. The highest BCUT2D eigenvalue weighted by atomic mass is 32.1. The molecule has 2 amide bonds. The lowest BCUT2D eigenvalue weighted by Gasteiger charge is -2.26. The van der Waals surface area contributed by atoms with Gasteiger partial charge in [0.2, 0.25) is 5.91 Å². The van der Waals surface area contributed by atoms with Gasteiger partial charge in [-0.2, -0.15) is 0 Å². The van der Waals surface area contributed by atoms with E-state index in [1.54, 1.807) is 18.4 Å². The number of benzene rings is 1. The Morgan fingerprint density at radius 3 is 2.51 bits per heavy atom. The van der Waals surface area contributed by atoms with Crippen molar-refractivity contribution >= 4 is 23.2 Å². The van der Waals surface area contributed by atoms with Gasteiger partial charge in [0, 0.05) is 48.1 Å². The van der Waals surface area contributed by atoms with Gasteiger partial charge in [0.25, 0.3) is 5.91 Å². The van der Waals surface area contributed by atoms with Gasteiger partial charge in [-0.15, -0.1) is 11.3 Å². The highest BCUT2D eigenvalue weighted by Gasteiger charge is 2.43. The van der Waals surface area contributed by atoms with Crippen LogP contribution in [0.25, 0.3) is 21.7 Å². The van der Waals surface area contributed by atoms with Crippen molar-refractivity contribution in [3.05, 3.63) is 47.0 Å². The lowest BCUT2D eigenvalue weighted by atomic mass is 9.95. The summed E-state index contributed by atoms with van der Waals surface area (Å²) in [5.74, 6) is 2.60. The molecule has 1 aliphatic carbocycles. The smallest absolute Gasteiger partial charge is 0.270 e. The lowest BCUT2D eigenvalue weighted by Crippen LogP contribution is -2.36. The predicted molar refractivity (Wildman–Crippen MR) is 154 cm³/mol. The summed E-state index contributed by atoms with van der Waals surface area (Å²) in [7, 11) is 1.68. The number of ether oxygens (including phenoxy) is 2.